The Bertz CT molecular complexity index is 145. The Morgan fingerprint density at radius 1 is 1.80 bits per heavy atom. The van der Waals surface area contributed by atoms with Gasteiger partial charge in [-0.15, -0.1) is 0 Å². The van der Waals surface area contributed by atoms with Crippen LogP contribution in [0.25, 0.3) is 0 Å². The third kappa shape index (κ3) is 3.19. The van der Waals surface area contributed by atoms with Gasteiger partial charge in [0.15, 0.2) is 0 Å². The lowest BCUT2D eigenvalue weighted by Crippen LogP contribution is -2.27. The molecule has 4 nitrogen and oxygen atoms in total. The molecule has 10 heavy (non-hydrogen) atoms. The zero-order valence-electron chi connectivity index (χ0n) is 6.14. The van der Waals surface area contributed by atoms with E-state index in [-0.39, 0.29) is 18.2 Å². The largest absolute Gasteiger partial charge is 0.477 e. The van der Waals surface area contributed by atoms with Crippen LogP contribution in [0.5, 0.6) is 0 Å². The molecule has 0 aromatic heterocycles. The first-order valence-corrected chi connectivity index (χ1v) is 3.06. The van der Waals surface area contributed by atoms with E-state index >= 15 is 0 Å². The highest BCUT2D eigenvalue weighted by molar-refractivity contribution is 6.34. The predicted octanol–water partition coefficient (Wildman–Crippen LogP) is 0.0888. The second kappa shape index (κ2) is 4.00. The van der Waals surface area contributed by atoms with Gasteiger partial charge in [-0.2, -0.15) is 0 Å². The maximum atomic E-state index is 10.1. The van der Waals surface area contributed by atoms with Crippen molar-refractivity contribution in [2.24, 2.45) is 0 Å². The van der Waals surface area contributed by atoms with Crippen LogP contribution < -0.4 is 5.32 Å². The lowest BCUT2D eigenvalue weighted by atomic mass is 10.1. The van der Waals surface area contributed by atoms with Crippen LogP contribution in [0.4, 0.5) is 0 Å². The van der Waals surface area contributed by atoms with E-state index in [4.69, 9.17) is 10.5 Å². The van der Waals surface area contributed by atoms with Gasteiger partial charge in [0.2, 0.25) is 0 Å². The maximum absolute atomic E-state index is 10.1. The van der Waals surface area contributed by atoms with E-state index in [1.807, 2.05) is 6.92 Å². The maximum Gasteiger partial charge on any atom is 0.349 e. The molecule has 58 valence electrons. The molecule has 0 aliphatic carbocycles. The van der Waals surface area contributed by atoms with Crippen molar-refractivity contribution in [2.75, 3.05) is 7.05 Å². The normalized spacial score (nSPS) is 12.6. The van der Waals surface area contributed by atoms with E-state index in [9.17, 15) is 4.79 Å². The van der Waals surface area contributed by atoms with Crippen LogP contribution >= 0.6 is 0 Å². The van der Waals surface area contributed by atoms with Crippen LogP contribution in [0.1, 0.15) is 13.3 Å². The summed E-state index contributed by atoms with van der Waals surface area (Å²) in [7, 11) is 1.74. The standard InChI is InChI=1S/C6H12N2O2/c1-4(8-2)3-5(7)6(9)10/h4,7-8H,3H2,1-2H3,(H,9,10). The summed E-state index contributed by atoms with van der Waals surface area (Å²) in [6, 6.07) is 0.0589. The molecule has 4 heteroatoms. The number of carboxylic acids is 1. The molecular formula is C6H12N2O2. The number of rotatable bonds is 4. The van der Waals surface area contributed by atoms with E-state index in [2.05, 4.69) is 5.32 Å². The monoisotopic (exact) mass is 144 g/mol. The van der Waals surface area contributed by atoms with Crippen molar-refractivity contribution in [2.45, 2.75) is 19.4 Å². The molecule has 0 radical (unpaired) electrons. The molecule has 0 rings (SSSR count). The molecule has 0 heterocycles. The number of hydrogen-bond acceptors (Lipinski definition) is 3. The predicted molar refractivity (Wildman–Crippen MR) is 38.5 cm³/mol. The third-order valence-corrected chi connectivity index (χ3v) is 1.26. The fraction of sp³-hybridized carbons (Fsp3) is 0.667. The Labute approximate surface area is 59.8 Å². The molecule has 3 N–H and O–H groups in total. The highest BCUT2D eigenvalue weighted by Gasteiger charge is 2.09. The smallest absolute Gasteiger partial charge is 0.349 e. The SMILES string of the molecule is CNC(C)CC(=N)C(=O)O. The molecule has 0 amide bonds. The van der Waals surface area contributed by atoms with Crippen molar-refractivity contribution >= 4 is 11.7 Å². The molecule has 0 aliphatic rings. The second-order valence-corrected chi connectivity index (χ2v) is 2.18. The molecule has 0 saturated heterocycles. The summed E-state index contributed by atoms with van der Waals surface area (Å²) in [5.41, 5.74) is -0.248. The first-order chi connectivity index (χ1) is 4.57. The van der Waals surface area contributed by atoms with Gasteiger partial charge in [0.1, 0.15) is 5.71 Å². The molecule has 1 unspecified atom stereocenters. The Balaban J connectivity index is 3.68. The van der Waals surface area contributed by atoms with Crippen molar-refractivity contribution in [1.29, 1.82) is 5.41 Å². The van der Waals surface area contributed by atoms with Gasteiger partial charge in [0, 0.05) is 12.5 Å². The minimum atomic E-state index is -1.14. The zero-order chi connectivity index (χ0) is 8.15. The summed E-state index contributed by atoms with van der Waals surface area (Å²) >= 11 is 0. The van der Waals surface area contributed by atoms with E-state index < -0.39 is 5.97 Å². The highest BCUT2D eigenvalue weighted by Crippen LogP contribution is 1.90. The fourth-order valence-electron chi connectivity index (χ4n) is 0.496. The van der Waals surface area contributed by atoms with Gasteiger partial charge in [-0.3, -0.25) is 5.41 Å². The van der Waals surface area contributed by atoms with Crippen LogP contribution in [0.15, 0.2) is 0 Å². The Kier molecular flexibility index (Phi) is 3.64. The Morgan fingerprint density at radius 3 is 2.60 bits per heavy atom. The summed E-state index contributed by atoms with van der Waals surface area (Å²) < 4.78 is 0. The summed E-state index contributed by atoms with van der Waals surface area (Å²) in [6.07, 6.45) is 0.270. The summed E-state index contributed by atoms with van der Waals surface area (Å²) in [5.74, 6) is -1.14. The molecule has 1 atom stereocenters. The van der Waals surface area contributed by atoms with Crippen molar-refractivity contribution in [1.82, 2.24) is 5.32 Å². The minimum absolute atomic E-state index is 0.0589. The van der Waals surface area contributed by atoms with E-state index in [1.54, 1.807) is 7.05 Å². The van der Waals surface area contributed by atoms with Crippen LogP contribution in [0.2, 0.25) is 0 Å². The van der Waals surface area contributed by atoms with Gasteiger partial charge < -0.3 is 10.4 Å². The molecule has 0 bridgehead atoms. The van der Waals surface area contributed by atoms with E-state index in [0.717, 1.165) is 0 Å². The van der Waals surface area contributed by atoms with Crippen molar-refractivity contribution < 1.29 is 9.90 Å². The van der Waals surface area contributed by atoms with E-state index in [0.29, 0.717) is 0 Å². The summed E-state index contributed by atoms with van der Waals surface area (Å²) in [6.45, 7) is 1.83. The van der Waals surface area contributed by atoms with Gasteiger partial charge in [-0.25, -0.2) is 4.79 Å². The Morgan fingerprint density at radius 2 is 2.30 bits per heavy atom. The Hall–Kier alpha value is -0.900. The number of aliphatic carboxylic acids is 1. The third-order valence-electron chi connectivity index (χ3n) is 1.26. The van der Waals surface area contributed by atoms with E-state index in [1.165, 1.54) is 0 Å². The first-order valence-electron chi connectivity index (χ1n) is 3.06. The topological polar surface area (TPSA) is 73.2 Å². The van der Waals surface area contributed by atoms with Crippen LogP contribution in [0.3, 0.4) is 0 Å². The summed E-state index contributed by atoms with van der Waals surface area (Å²) in [4.78, 5) is 10.1. The lowest BCUT2D eigenvalue weighted by molar-refractivity contribution is -0.129. The van der Waals surface area contributed by atoms with Crippen LogP contribution in [0, 0.1) is 5.41 Å². The number of hydrogen-bond donors (Lipinski definition) is 3. The highest BCUT2D eigenvalue weighted by atomic mass is 16.4. The van der Waals surface area contributed by atoms with Gasteiger partial charge in [0.05, 0.1) is 0 Å². The number of carboxylic acid groups (broad SMARTS) is 1. The molecule has 0 aliphatic heterocycles. The number of nitrogens with one attached hydrogen (secondary N) is 2. The van der Waals surface area contributed by atoms with Crippen molar-refractivity contribution in [3.05, 3.63) is 0 Å². The van der Waals surface area contributed by atoms with Gasteiger partial charge in [0.25, 0.3) is 0 Å². The number of carbonyl (C=O) groups is 1. The molecule has 0 saturated carbocycles. The second-order valence-electron chi connectivity index (χ2n) is 2.18. The first kappa shape index (κ1) is 9.10. The zero-order valence-corrected chi connectivity index (χ0v) is 6.14. The van der Waals surface area contributed by atoms with Crippen molar-refractivity contribution in [3.8, 4) is 0 Å². The van der Waals surface area contributed by atoms with Gasteiger partial charge in [-0.1, -0.05) is 0 Å². The average molecular weight is 144 g/mol. The lowest BCUT2D eigenvalue weighted by Gasteiger charge is -2.07. The van der Waals surface area contributed by atoms with Crippen LogP contribution in [-0.4, -0.2) is 29.9 Å². The van der Waals surface area contributed by atoms with Crippen molar-refractivity contribution in [3.63, 3.8) is 0 Å². The molecular weight excluding hydrogens is 132 g/mol. The summed E-state index contributed by atoms with van der Waals surface area (Å²) in [5, 5.41) is 18.1. The average Bonchev–Trinajstić information content (AvgIpc) is 1.87. The molecule has 0 aromatic rings. The fourth-order valence-corrected chi connectivity index (χ4v) is 0.496. The van der Waals surface area contributed by atoms with Gasteiger partial charge >= 0.3 is 5.97 Å². The molecule has 0 spiro atoms. The minimum Gasteiger partial charge on any atom is -0.477 e. The van der Waals surface area contributed by atoms with Crippen LogP contribution in [-0.2, 0) is 4.79 Å². The molecule has 0 aromatic carbocycles. The molecule has 0 fully saturated rings. The quantitative estimate of drug-likeness (QED) is 0.489. The van der Waals surface area contributed by atoms with Gasteiger partial charge in [-0.05, 0) is 14.0 Å².